The summed E-state index contributed by atoms with van der Waals surface area (Å²) in [4.78, 5) is 16.6. The van der Waals surface area contributed by atoms with Crippen LogP contribution in [0.3, 0.4) is 0 Å². The molecule has 2 atom stereocenters. The number of aryl methyl sites for hydroxylation is 1. The summed E-state index contributed by atoms with van der Waals surface area (Å²) in [6.07, 6.45) is -0.822. The Hall–Kier alpha value is -2.30. The zero-order valence-corrected chi connectivity index (χ0v) is 20.1. The van der Waals surface area contributed by atoms with Crippen molar-refractivity contribution in [3.63, 3.8) is 0 Å². The van der Waals surface area contributed by atoms with Crippen molar-refractivity contribution in [2.75, 3.05) is 45.0 Å². The van der Waals surface area contributed by atoms with Gasteiger partial charge in [-0.05, 0) is 47.7 Å². The first kappa shape index (κ1) is 23.4. The topological polar surface area (TPSA) is 107 Å². The van der Waals surface area contributed by atoms with Crippen molar-refractivity contribution in [2.24, 2.45) is 0 Å². The lowest BCUT2D eigenvalue weighted by Gasteiger charge is -2.36. The van der Waals surface area contributed by atoms with Gasteiger partial charge >= 0.3 is 5.97 Å². The van der Waals surface area contributed by atoms with Crippen LogP contribution in [0.4, 0.5) is 0 Å². The number of hydrogen-bond acceptors (Lipinski definition) is 8. The van der Waals surface area contributed by atoms with E-state index in [2.05, 4.69) is 9.80 Å². The number of piperazine rings is 1. The molecule has 2 N–H and O–H groups in total. The summed E-state index contributed by atoms with van der Waals surface area (Å²) in [5.74, 6) is -0.158. The molecule has 0 spiro atoms. The summed E-state index contributed by atoms with van der Waals surface area (Å²) in [7, 11) is -3.16. The fraction of sp³-hybridized carbons (Fsp3) is 0.480. The van der Waals surface area contributed by atoms with Crippen molar-refractivity contribution in [3.8, 4) is 0 Å². The average Bonchev–Trinajstić information content (AvgIpc) is 3.34. The lowest BCUT2D eigenvalue weighted by molar-refractivity contribution is 0.0480. The van der Waals surface area contributed by atoms with E-state index >= 15 is 0 Å². The maximum Gasteiger partial charge on any atom is 0.338 e. The number of carbonyl (C=O) groups is 1. The number of aliphatic hydroxyl groups excluding tert-OH is 2. The molecule has 8 nitrogen and oxygen atoms in total. The summed E-state index contributed by atoms with van der Waals surface area (Å²) in [6.45, 7) is 6.28. The Morgan fingerprint density at radius 2 is 1.68 bits per heavy atom. The summed E-state index contributed by atoms with van der Waals surface area (Å²) in [5, 5.41) is 21.6. The molecule has 2 aromatic carbocycles. The molecule has 0 amide bonds. The van der Waals surface area contributed by atoms with Gasteiger partial charge in [-0.15, -0.1) is 0 Å². The van der Waals surface area contributed by atoms with Gasteiger partial charge in [-0.2, -0.15) is 0 Å². The Kier molecular flexibility index (Phi) is 6.24. The first-order valence-electron chi connectivity index (χ1n) is 11.7. The largest absolute Gasteiger partial charge is 0.457 e. The van der Waals surface area contributed by atoms with Crippen LogP contribution in [0.2, 0.25) is 0 Å². The van der Waals surface area contributed by atoms with Crippen LogP contribution < -0.4 is 0 Å². The van der Waals surface area contributed by atoms with E-state index in [9.17, 15) is 23.4 Å². The summed E-state index contributed by atoms with van der Waals surface area (Å²) >= 11 is 0. The Balaban J connectivity index is 1.15. The quantitative estimate of drug-likeness (QED) is 0.590. The highest BCUT2D eigenvalue weighted by Gasteiger charge is 2.29. The minimum atomic E-state index is -3.16. The normalized spacial score (nSPS) is 21.7. The number of hydrogen-bond donors (Lipinski definition) is 2. The van der Waals surface area contributed by atoms with Crippen molar-refractivity contribution >= 4 is 15.8 Å². The van der Waals surface area contributed by atoms with Crippen LogP contribution in [-0.2, 0) is 27.6 Å². The first-order chi connectivity index (χ1) is 16.2. The predicted octanol–water partition coefficient (Wildman–Crippen LogP) is 1.38. The second kappa shape index (κ2) is 9.05. The maximum absolute atomic E-state index is 12.0. The minimum absolute atomic E-state index is 0.145. The zero-order chi connectivity index (χ0) is 24.0. The number of fused-ring (bicyclic) bond motifs is 2. The summed E-state index contributed by atoms with van der Waals surface area (Å²) < 4.78 is 29.1. The van der Waals surface area contributed by atoms with E-state index in [1.54, 1.807) is 18.2 Å². The van der Waals surface area contributed by atoms with Crippen LogP contribution in [0.1, 0.15) is 50.4 Å². The second-order valence-electron chi connectivity index (χ2n) is 9.45. The molecule has 1 fully saturated rings. The van der Waals surface area contributed by atoms with E-state index in [4.69, 9.17) is 4.74 Å². The van der Waals surface area contributed by atoms with Crippen molar-refractivity contribution in [2.45, 2.75) is 37.1 Å². The molecule has 0 aliphatic carbocycles. The monoisotopic (exact) mass is 486 g/mol. The molecule has 34 heavy (non-hydrogen) atoms. The highest BCUT2D eigenvalue weighted by molar-refractivity contribution is 7.91. The molecule has 0 aromatic heterocycles. The third-order valence-electron chi connectivity index (χ3n) is 7.34. The van der Waals surface area contributed by atoms with E-state index in [0.29, 0.717) is 30.0 Å². The molecule has 9 heteroatoms. The van der Waals surface area contributed by atoms with E-state index in [-0.39, 0.29) is 18.3 Å². The lowest BCUT2D eigenvalue weighted by atomic mass is 9.95. The Morgan fingerprint density at radius 3 is 2.38 bits per heavy atom. The van der Waals surface area contributed by atoms with Crippen LogP contribution in [0.25, 0.3) is 0 Å². The molecule has 2 aromatic rings. The van der Waals surface area contributed by atoms with Gasteiger partial charge in [0.2, 0.25) is 0 Å². The van der Waals surface area contributed by atoms with Crippen LogP contribution in [0, 0.1) is 6.92 Å². The Bertz CT molecular complexity index is 1220. The molecule has 0 bridgehead atoms. The number of carbonyl (C=O) groups excluding carboxylic acids is 1. The van der Waals surface area contributed by atoms with Gasteiger partial charge in [0.15, 0.2) is 9.84 Å². The van der Waals surface area contributed by atoms with Crippen molar-refractivity contribution in [3.05, 3.63) is 63.7 Å². The van der Waals surface area contributed by atoms with Gasteiger partial charge in [-0.25, -0.2) is 13.2 Å². The fourth-order valence-corrected chi connectivity index (χ4v) is 6.78. The molecule has 182 valence electrons. The number of aliphatic hydroxyl groups is 2. The number of ether oxygens (including phenoxy) is 1. The Morgan fingerprint density at radius 1 is 1.00 bits per heavy atom. The van der Waals surface area contributed by atoms with Crippen molar-refractivity contribution in [1.82, 2.24) is 9.80 Å². The molecule has 0 unspecified atom stereocenters. The first-order valence-corrected chi connectivity index (χ1v) is 13.3. The number of sulfone groups is 1. The van der Waals surface area contributed by atoms with Gasteiger partial charge in [0.1, 0.15) is 6.61 Å². The zero-order valence-electron chi connectivity index (χ0n) is 19.2. The summed E-state index contributed by atoms with van der Waals surface area (Å²) in [6, 6.07) is 8.73. The smallest absolute Gasteiger partial charge is 0.338 e. The third kappa shape index (κ3) is 4.38. The molecule has 5 rings (SSSR count). The molecule has 0 saturated carbocycles. The number of rotatable bonds is 6. The number of β-amino-alcohol motifs (C(OH)–C–C–N with tert-alkyl or cyclic N) is 2. The lowest BCUT2D eigenvalue weighted by Crippen LogP contribution is -2.48. The second-order valence-corrected chi connectivity index (χ2v) is 11.5. The van der Waals surface area contributed by atoms with Crippen LogP contribution in [0.5, 0.6) is 0 Å². The van der Waals surface area contributed by atoms with E-state index in [1.807, 2.05) is 19.1 Å². The minimum Gasteiger partial charge on any atom is -0.457 e. The standard InChI is InChI=1S/C25H30N2O6S/c1-16-19(3-4-20-21(16)15-33-25(20)30)23(29)14-27-9-7-26(8-10-27)13-22(28)17-2-5-24-18(12-17)6-11-34(24,31)32/h2-5,12,22-23,28-29H,6-11,13-15H2,1H3/t22-,23+/m1/s1. The molecule has 0 radical (unpaired) electrons. The molecule has 3 aliphatic heterocycles. The highest BCUT2D eigenvalue weighted by Crippen LogP contribution is 2.30. The van der Waals surface area contributed by atoms with E-state index in [0.717, 1.165) is 54.0 Å². The number of cyclic esters (lactones) is 1. The van der Waals surface area contributed by atoms with Crippen LogP contribution >= 0.6 is 0 Å². The van der Waals surface area contributed by atoms with Gasteiger partial charge in [0.25, 0.3) is 0 Å². The SMILES string of the molecule is Cc1c([C@@H](O)CN2CCN(C[C@@H](O)c3ccc4c(c3)CCS4(=O)=O)CC2)ccc2c1COC2=O. The Labute approximate surface area is 199 Å². The van der Waals surface area contributed by atoms with Crippen LogP contribution in [0.15, 0.2) is 35.2 Å². The molecular formula is C25H30N2O6S. The third-order valence-corrected chi connectivity index (χ3v) is 9.15. The highest BCUT2D eigenvalue weighted by atomic mass is 32.2. The van der Waals surface area contributed by atoms with Gasteiger partial charge in [0.05, 0.1) is 28.4 Å². The van der Waals surface area contributed by atoms with Crippen LogP contribution in [-0.4, -0.2) is 79.4 Å². The van der Waals surface area contributed by atoms with Crippen molar-refractivity contribution in [1.29, 1.82) is 0 Å². The molecule has 3 aliphatic rings. The molecular weight excluding hydrogens is 456 g/mol. The summed E-state index contributed by atoms with van der Waals surface area (Å²) in [5.41, 5.74) is 4.75. The van der Waals surface area contributed by atoms with Crippen molar-refractivity contribution < 1.29 is 28.2 Å². The number of nitrogens with zero attached hydrogens (tertiary/aromatic N) is 2. The molecule has 3 heterocycles. The average molecular weight is 487 g/mol. The van der Waals surface area contributed by atoms with Gasteiger partial charge < -0.3 is 14.9 Å². The van der Waals surface area contributed by atoms with Gasteiger partial charge in [-0.1, -0.05) is 18.2 Å². The van der Waals surface area contributed by atoms with Gasteiger partial charge in [0, 0.05) is 44.8 Å². The van der Waals surface area contributed by atoms with E-state index < -0.39 is 22.0 Å². The maximum atomic E-state index is 12.0. The van der Waals surface area contributed by atoms with E-state index in [1.165, 1.54) is 0 Å². The number of benzene rings is 2. The van der Waals surface area contributed by atoms with Gasteiger partial charge in [-0.3, -0.25) is 9.80 Å². The predicted molar refractivity (Wildman–Crippen MR) is 125 cm³/mol. The fourth-order valence-electron chi connectivity index (χ4n) is 5.24. The number of esters is 1. The molecule has 1 saturated heterocycles.